The Hall–Kier alpha value is 0.420. The molecule has 0 aromatic heterocycles. The molecule has 17 heavy (non-hydrogen) atoms. The molecule has 1 atom stereocenters. The van der Waals surface area contributed by atoms with Crippen LogP contribution in [0.4, 0.5) is 0 Å². The molecule has 0 aliphatic rings. The van der Waals surface area contributed by atoms with E-state index in [1.54, 1.807) is 13.8 Å². The van der Waals surface area contributed by atoms with E-state index in [-0.39, 0.29) is 10.9 Å². The molecule has 104 valence electrons. The molecule has 0 saturated heterocycles. The third-order valence-electron chi connectivity index (χ3n) is 2.55. The van der Waals surface area contributed by atoms with Gasteiger partial charge in [-0.2, -0.15) is 4.49 Å². The van der Waals surface area contributed by atoms with Crippen molar-refractivity contribution in [1.29, 1.82) is 0 Å². The summed E-state index contributed by atoms with van der Waals surface area (Å²) in [4.78, 5) is 0. The molecule has 0 saturated carbocycles. The highest BCUT2D eigenvalue weighted by atomic mass is 32.2. The number of nitrogens with one attached hydrogen (secondary N) is 1. The van der Waals surface area contributed by atoms with Gasteiger partial charge in [-0.05, 0) is 41.5 Å². The van der Waals surface area contributed by atoms with Crippen molar-refractivity contribution in [2.24, 2.45) is 5.73 Å². The van der Waals surface area contributed by atoms with Gasteiger partial charge < -0.3 is 5.73 Å². The lowest BCUT2D eigenvalue weighted by atomic mass is 9.91. The van der Waals surface area contributed by atoms with Crippen molar-refractivity contribution < 1.29 is 13.6 Å². The molecule has 7 heteroatoms. The fourth-order valence-electron chi connectivity index (χ4n) is 0.681. The molecule has 1 unspecified atom stereocenters. The smallest absolute Gasteiger partial charge is 0.324 e. The van der Waals surface area contributed by atoms with Crippen LogP contribution in [0.2, 0.25) is 0 Å². The van der Waals surface area contributed by atoms with Crippen LogP contribution in [0.1, 0.15) is 41.5 Å². The molecule has 0 rings (SSSR count). The second-order valence-electron chi connectivity index (χ2n) is 5.26. The van der Waals surface area contributed by atoms with Crippen molar-refractivity contribution in [3.63, 3.8) is 0 Å². The Morgan fingerprint density at radius 1 is 1.29 bits per heavy atom. The Balaban J connectivity index is 4.58. The summed E-state index contributed by atoms with van der Waals surface area (Å²) in [5.41, 5.74) is 5.62. The minimum absolute atomic E-state index is 0.178. The lowest BCUT2D eigenvalue weighted by Gasteiger charge is -2.38. The Morgan fingerprint density at radius 3 is 2.06 bits per heavy atom. The van der Waals surface area contributed by atoms with Crippen LogP contribution >= 0.6 is 19.7 Å². The van der Waals surface area contributed by atoms with E-state index in [0.29, 0.717) is 0 Å². The maximum atomic E-state index is 12.1. The second-order valence-corrected chi connectivity index (χ2v) is 8.79. The topological polar surface area (TPSA) is 73.6 Å². The summed E-state index contributed by atoms with van der Waals surface area (Å²) in [5, 5.41) is 0. The van der Waals surface area contributed by atoms with Gasteiger partial charge in [0.25, 0.3) is 0 Å². The normalized spacial score (nSPS) is 17.2. The van der Waals surface area contributed by atoms with E-state index in [0.717, 1.165) is 0 Å². The summed E-state index contributed by atoms with van der Waals surface area (Å²) in [7, 11) is -1.91. The standard InChI is InChI=1S/C10H25N2O3PS/c1-8(2)15-16(13,14-7)12-17-10(5,6)9(3,4)11/h8H,11H2,1-7H3,(H,12,13). The minimum Gasteiger partial charge on any atom is -0.324 e. The van der Waals surface area contributed by atoms with Gasteiger partial charge in [0, 0.05) is 17.4 Å². The first-order valence-electron chi connectivity index (χ1n) is 5.52. The maximum absolute atomic E-state index is 12.1. The number of rotatable bonds is 7. The SMILES string of the molecule is COP(=O)(NSC(C)(C)C(C)(C)N)OC(C)C. The van der Waals surface area contributed by atoms with Gasteiger partial charge in [-0.15, -0.1) is 0 Å². The summed E-state index contributed by atoms with van der Waals surface area (Å²) in [6, 6.07) is 0. The molecular weight excluding hydrogens is 259 g/mol. The van der Waals surface area contributed by atoms with Gasteiger partial charge in [0.15, 0.2) is 0 Å². The van der Waals surface area contributed by atoms with Gasteiger partial charge >= 0.3 is 7.75 Å². The Morgan fingerprint density at radius 2 is 1.76 bits per heavy atom. The molecule has 0 spiro atoms. The predicted molar refractivity (Wildman–Crippen MR) is 73.9 cm³/mol. The van der Waals surface area contributed by atoms with Gasteiger partial charge in [0.05, 0.1) is 6.10 Å². The van der Waals surface area contributed by atoms with Crippen molar-refractivity contribution in [2.45, 2.75) is 57.9 Å². The Labute approximate surface area is 109 Å². The third-order valence-corrected chi connectivity index (χ3v) is 6.03. The van der Waals surface area contributed by atoms with E-state index in [9.17, 15) is 4.57 Å². The zero-order valence-electron chi connectivity index (χ0n) is 11.7. The van der Waals surface area contributed by atoms with Crippen molar-refractivity contribution >= 4 is 19.7 Å². The highest BCUT2D eigenvalue weighted by Gasteiger charge is 2.37. The summed E-state index contributed by atoms with van der Waals surface area (Å²) in [6.45, 7) is 11.4. The highest BCUT2D eigenvalue weighted by molar-refractivity contribution is 8.03. The molecule has 0 fully saturated rings. The highest BCUT2D eigenvalue weighted by Crippen LogP contribution is 2.48. The summed E-state index contributed by atoms with van der Waals surface area (Å²) < 4.78 is 24.8. The first-order chi connectivity index (χ1) is 7.43. The van der Waals surface area contributed by atoms with Crippen LogP contribution in [0.15, 0.2) is 0 Å². The fourth-order valence-corrected chi connectivity index (χ4v) is 3.42. The molecule has 3 N–H and O–H groups in total. The van der Waals surface area contributed by atoms with Crippen molar-refractivity contribution in [1.82, 2.24) is 4.49 Å². The van der Waals surface area contributed by atoms with E-state index in [1.807, 2.05) is 27.7 Å². The van der Waals surface area contributed by atoms with Crippen molar-refractivity contribution in [2.75, 3.05) is 7.11 Å². The maximum Gasteiger partial charge on any atom is 0.415 e. The predicted octanol–water partition coefficient (Wildman–Crippen LogP) is 2.92. The lowest BCUT2D eigenvalue weighted by Crippen LogP contribution is -2.51. The zero-order chi connectivity index (χ0) is 13.9. The minimum atomic E-state index is -3.26. The van der Waals surface area contributed by atoms with E-state index in [4.69, 9.17) is 14.8 Å². The summed E-state index contributed by atoms with van der Waals surface area (Å²) >= 11 is 1.27. The van der Waals surface area contributed by atoms with Gasteiger partial charge in [-0.3, -0.25) is 9.05 Å². The second kappa shape index (κ2) is 6.04. The first kappa shape index (κ1) is 17.4. The molecule has 0 aliphatic carbocycles. The lowest BCUT2D eigenvalue weighted by molar-refractivity contribution is 0.185. The molecule has 0 bridgehead atoms. The van der Waals surface area contributed by atoms with E-state index >= 15 is 0 Å². The van der Waals surface area contributed by atoms with Crippen LogP contribution in [0.25, 0.3) is 0 Å². The molecule has 0 aromatic rings. The van der Waals surface area contributed by atoms with Crippen LogP contribution in [0.5, 0.6) is 0 Å². The van der Waals surface area contributed by atoms with Gasteiger partial charge in [0.1, 0.15) is 0 Å². The quantitative estimate of drug-likeness (QED) is 0.553. The monoisotopic (exact) mass is 284 g/mol. The van der Waals surface area contributed by atoms with Gasteiger partial charge in [0.2, 0.25) is 0 Å². The fraction of sp³-hybridized carbons (Fsp3) is 1.00. The van der Waals surface area contributed by atoms with Crippen LogP contribution in [0, 0.1) is 0 Å². The molecule has 0 aliphatic heterocycles. The molecular formula is C10H25N2O3PS. The van der Waals surface area contributed by atoms with E-state index in [2.05, 4.69) is 4.49 Å². The van der Waals surface area contributed by atoms with Crippen molar-refractivity contribution in [3.05, 3.63) is 0 Å². The number of nitrogens with two attached hydrogens (primary N) is 1. The average molecular weight is 284 g/mol. The molecule has 0 heterocycles. The summed E-state index contributed by atoms with van der Waals surface area (Å²) in [6.07, 6.45) is -0.178. The largest absolute Gasteiger partial charge is 0.415 e. The molecule has 0 radical (unpaired) electrons. The van der Waals surface area contributed by atoms with Crippen LogP contribution in [-0.2, 0) is 13.6 Å². The average Bonchev–Trinajstić information content (AvgIpc) is 2.12. The van der Waals surface area contributed by atoms with Gasteiger partial charge in [-0.25, -0.2) is 4.57 Å². The molecule has 0 amide bonds. The Kier molecular flexibility index (Phi) is 6.19. The Bertz CT molecular complexity index is 290. The van der Waals surface area contributed by atoms with Crippen LogP contribution < -0.4 is 10.2 Å². The van der Waals surface area contributed by atoms with Gasteiger partial charge in [-0.1, -0.05) is 11.9 Å². The van der Waals surface area contributed by atoms with Crippen molar-refractivity contribution in [3.8, 4) is 0 Å². The van der Waals surface area contributed by atoms with Crippen LogP contribution in [0.3, 0.4) is 0 Å². The zero-order valence-corrected chi connectivity index (χ0v) is 13.4. The third kappa shape index (κ3) is 5.73. The van der Waals surface area contributed by atoms with Crippen LogP contribution in [-0.4, -0.2) is 23.5 Å². The molecule has 0 aromatic carbocycles. The van der Waals surface area contributed by atoms with E-state index < -0.39 is 13.3 Å². The first-order valence-corrected chi connectivity index (χ1v) is 7.88. The number of hydrogen-bond acceptors (Lipinski definition) is 5. The summed E-state index contributed by atoms with van der Waals surface area (Å²) in [5.74, 6) is 0. The van der Waals surface area contributed by atoms with E-state index in [1.165, 1.54) is 19.1 Å². The molecule has 5 nitrogen and oxygen atoms in total. The number of hydrogen-bond donors (Lipinski definition) is 2.